The summed E-state index contributed by atoms with van der Waals surface area (Å²) in [5, 5.41) is 12.6. The zero-order valence-corrected chi connectivity index (χ0v) is 41.6. The number of anilines is 6. The van der Waals surface area contributed by atoms with Gasteiger partial charge in [-0.2, -0.15) is 74.0 Å². The van der Waals surface area contributed by atoms with E-state index in [2.05, 4.69) is 151 Å². The molecule has 10 aromatic rings. The number of aromatic nitrogens is 6. The van der Waals surface area contributed by atoms with Crippen molar-refractivity contribution in [3.8, 4) is 39.9 Å². The van der Waals surface area contributed by atoms with Crippen molar-refractivity contribution in [3.05, 3.63) is 250 Å². The minimum atomic E-state index is 0. The van der Waals surface area contributed by atoms with Crippen LogP contribution in [0.3, 0.4) is 0 Å². The molecular formula is C56H44N10Pt2-2. The zero-order valence-electron chi connectivity index (χ0n) is 37.0. The molecular weight excluding hydrogens is 1200 g/mol. The fraction of sp³-hybridized carbons (Fsp3) is 0.0357. The maximum Gasteiger partial charge on any atom is 4.00 e. The standard InChI is InChI=1S/2C14H10N3.2C14H12N2.2Pt/c1-3-7-12(8-4-1)14-15-11-17(16-14)13-9-5-2-6-10-13;1-3-7-11(8-4-1)13-15-14(17-16-13)12-9-5-2-6-10-12;2*1-15-11-16(12-7-3-2-4-8-12)14-10-6-5-9-13(14)15;;/h2*1-10H;2*2-7,9-11H,1H3;;/q2*-1;2*-2;;+4. The van der Waals surface area contributed by atoms with Crippen molar-refractivity contribution in [1.82, 2.24) is 25.3 Å². The Morgan fingerprint density at radius 1 is 0.471 bits per heavy atom. The van der Waals surface area contributed by atoms with Crippen LogP contribution in [0.1, 0.15) is 0 Å². The molecule has 2 aliphatic heterocycles. The SMILES string of the molecule is CN1[CH-]N(c2[c-]cccc2)c2ccccc21.CN1[CH-]N(c2[c-]cccc2)c2ccccc21.[Pt+4].[Pt].[c-]1[n-]c(-c2ccccc2)n[n+]1-c1ccccc1.c1ccc(-c2n[n-]c(-c3ccccc3)n2)cc1. The summed E-state index contributed by atoms with van der Waals surface area (Å²) in [6, 6.07) is 78.6. The van der Waals surface area contributed by atoms with Gasteiger partial charge in [-0.3, -0.25) is 5.10 Å². The predicted octanol–water partition coefficient (Wildman–Crippen LogP) is 10.9. The Balaban J connectivity index is 0.000000133. The molecule has 0 saturated carbocycles. The number of hydrogen-bond donors (Lipinski definition) is 0. The number of nitrogens with zero attached hydrogens (tertiary/aromatic N) is 10. The summed E-state index contributed by atoms with van der Waals surface area (Å²) in [5.41, 5.74) is 10.9. The van der Waals surface area contributed by atoms with Crippen molar-refractivity contribution in [2.75, 3.05) is 33.7 Å². The number of fused-ring (bicyclic) bond motifs is 2. The molecule has 68 heavy (non-hydrogen) atoms. The molecule has 12 rings (SSSR count). The van der Waals surface area contributed by atoms with Gasteiger partial charge in [-0.15, -0.1) is 11.4 Å². The Labute approximate surface area is 427 Å². The van der Waals surface area contributed by atoms with E-state index in [0.717, 1.165) is 33.8 Å². The van der Waals surface area contributed by atoms with E-state index in [0.29, 0.717) is 17.5 Å². The Bertz CT molecular complexity index is 2710. The summed E-state index contributed by atoms with van der Waals surface area (Å²) in [7, 11) is 4.11. The van der Waals surface area contributed by atoms with Gasteiger partial charge in [0.05, 0.1) is 11.6 Å². The molecule has 0 bridgehead atoms. The molecule has 0 amide bonds. The molecule has 2 aromatic heterocycles. The molecule has 4 heterocycles. The van der Waals surface area contributed by atoms with Gasteiger partial charge in [0.1, 0.15) is 0 Å². The van der Waals surface area contributed by atoms with Gasteiger partial charge in [0, 0.05) is 50.1 Å². The van der Waals surface area contributed by atoms with E-state index in [4.69, 9.17) is 0 Å². The van der Waals surface area contributed by atoms with E-state index in [1.54, 1.807) is 4.68 Å². The van der Waals surface area contributed by atoms with E-state index < -0.39 is 0 Å². The molecule has 0 unspecified atom stereocenters. The Hall–Kier alpha value is -7.38. The molecule has 0 fully saturated rings. The van der Waals surface area contributed by atoms with E-state index in [-0.39, 0.29) is 42.1 Å². The first-order valence-electron chi connectivity index (χ1n) is 21.4. The van der Waals surface area contributed by atoms with Crippen LogP contribution in [-0.4, -0.2) is 29.3 Å². The first kappa shape index (κ1) is 48.5. The van der Waals surface area contributed by atoms with Crippen molar-refractivity contribution in [2.45, 2.75) is 0 Å². The van der Waals surface area contributed by atoms with Gasteiger partial charge in [-0.25, -0.2) is 5.10 Å². The number of hydrogen-bond acceptors (Lipinski definition) is 7. The van der Waals surface area contributed by atoms with Crippen molar-refractivity contribution in [1.29, 1.82) is 0 Å². The summed E-state index contributed by atoms with van der Waals surface area (Å²) in [4.78, 5) is 17.2. The third-order valence-electron chi connectivity index (χ3n) is 10.5. The predicted molar refractivity (Wildman–Crippen MR) is 263 cm³/mol. The fourth-order valence-electron chi connectivity index (χ4n) is 7.27. The largest absolute Gasteiger partial charge is 4.00 e. The van der Waals surface area contributed by atoms with E-state index >= 15 is 0 Å². The summed E-state index contributed by atoms with van der Waals surface area (Å²) in [6.45, 7) is 4.16. The molecule has 0 atom stereocenters. The van der Waals surface area contributed by atoms with Crippen LogP contribution in [0.4, 0.5) is 34.1 Å². The summed E-state index contributed by atoms with van der Waals surface area (Å²) in [6.07, 6.45) is 2.88. The monoisotopic (exact) mass is 1250 g/mol. The molecule has 0 radical (unpaired) electrons. The molecule has 0 aliphatic carbocycles. The van der Waals surface area contributed by atoms with Crippen LogP contribution in [0.5, 0.6) is 0 Å². The van der Waals surface area contributed by atoms with Gasteiger partial charge in [0.2, 0.25) is 0 Å². The van der Waals surface area contributed by atoms with Gasteiger partial charge in [-0.05, 0) is 66.6 Å². The van der Waals surface area contributed by atoms with Gasteiger partial charge in [0.25, 0.3) is 0 Å². The fourth-order valence-corrected chi connectivity index (χ4v) is 7.27. The zero-order chi connectivity index (χ0) is 44.9. The van der Waals surface area contributed by atoms with Crippen LogP contribution in [0.2, 0.25) is 0 Å². The number of rotatable bonds is 6. The Morgan fingerprint density at radius 3 is 1.35 bits per heavy atom. The van der Waals surface area contributed by atoms with Crippen molar-refractivity contribution in [3.63, 3.8) is 0 Å². The first-order valence-corrected chi connectivity index (χ1v) is 21.4. The minimum Gasteiger partial charge on any atom is -0.504 e. The Morgan fingerprint density at radius 2 is 0.882 bits per heavy atom. The van der Waals surface area contributed by atoms with Gasteiger partial charge in [0.15, 0.2) is 0 Å². The summed E-state index contributed by atoms with van der Waals surface area (Å²) >= 11 is 0. The molecule has 0 N–H and O–H groups in total. The molecule has 0 spiro atoms. The van der Waals surface area contributed by atoms with Crippen LogP contribution in [0.15, 0.2) is 218 Å². The summed E-state index contributed by atoms with van der Waals surface area (Å²) in [5.74, 6) is 2.03. The topological polar surface area (TPSA) is 83.7 Å². The third kappa shape index (κ3) is 11.8. The molecule has 10 nitrogen and oxygen atoms in total. The summed E-state index contributed by atoms with van der Waals surface area (Å²) < 4.78 is 1.66. The van der Waals surface area contributed by atoms with Gasteiger partial charge < -0.3 is 39.3 Å². The van der Waals surface area contributed by atoms with Crippen molar-refractivity contribution < 1.29 is 46.8 Å². The van der Waals surface area contributed by atoms with E-state index in [1.165, 1.54) is 22.7 Å². The normalized spacial score (nSPS) is 11.8. The van der Waals surface area contributed by atoms with Crippen LogP contribution in [-0.2, 0) is 42.1 Å². The number of para-hydroxylation sites is 7. The second kappa shape index (κ2) is 23.9. The quantitative estimate of drug-likeness (QED) is 0.119. The Kier molecular flexibility index (Phi) is 17.0. The maximum atomic E-state index is 4.43. The second-order valence-corrected chi connectivity index (χ2v) is 15.0. The van der Waals surface area contributed by atoms with E-state index in [1.807, 2.05) is 158 Å². The smallest absolute Gasteiger partial charge is 0.504 e. The van der Waals surface area contributed by atoms with Crippen molar-refractivity contribution in [2.24, 2.45) is 0 Å². The minimum absolute atomic E-state index is 0. The maximum absolute atomic E-state index is 4.43. The van der Waals surface area contributed by atoms with E-state index in [9.17, 15) is 0 Å². The second-order valence-electron chi connectivity index (χ2n) is 15.0. The molecule has 0 saturated heterocycles. The average Bonchev–Trinajstić information content (AvgIpc) is 4.23. The van der Waals surface area contributed by atoms with Crippen LogP contribution in [0, 0.1) is 31.8 Å². The van der Waals surface area contributed by atoms with Crippen LogP contribution in [0.25, 0.3) is 39.9 Å². The molecule has 340 valence electrons. The molecule has 2 aliphatic rings. The number of benzene rings is 8. The van der Waals surface area contributed by atoms with Gasteiger partial charge >= 0.3 is 21.1 Å². The van der Waals surface area contributed by atoms with Crippen molar-refractivity contribution >= 4 is 34.1 Å². The average molecular weight is 1250 g/mol. The third-order valence-corrected chi connectivity index (χ3v) is 10.5. The van der Waals surface area contributed by atoms with Crippen LogP contribution < -0.4 is 34.4 Å². The van der Waals surface area contributed by atoms with Crippen LogP contribution >= 0.6 is 0 Å². The van der Waals surface area contributed by atoms with Gasteiger partial charge in [-0.1, -0.05) is 146 Å². The molecule has 8 aromatic carbocycles. The molecule has 12 heteroatoms. The first-order chi connectivity index (χ1) is 32.6.